The fourth-order valence-electron chi connectivity index (χ4n) is 0.469. The minimum atomic E-state index is -5.94. The first-order chi connectivity index (χ1) is 6.52. The number of halogens is 5. The third-order valence-electron chi connectivity index (χ3n) is 1.09. The van der Waals surface area contributed by atoms with Gasteiger partial charge in [-0.05, 0) is 0 Å². The van der Waals surface area contributed by atoms with E-state index in [9.17, 15) is 30.4 Å². The topological polar surface area (TPSA) is 43.4 Å². The van der Waals surface area contributed by atoms with Crippen LogP contribution in [0, 0.1) is 12.3 Å². The summed E-state index contributed by atoms with van der Waals surface area (Å²) in [5.74, 6) is -6.22. The van der Waals surface area contributed by atoms with E-state index >= 15 is 0 Å². The van der Waals surface area contributed by atoms with Crippen LogP contribution in [-0.4, -0.2) is 32.9 Å². The lowest BCUT2D eigenvalue weighted by Gasteiger charge is -2.18. The van der Waals surface area contributed by atoms with E-state index in [2.05, 4.69) is 10.6 Å². The zero-order valence-corrected chi connectivity index (χ0v) is 7.83. The lowest BCUT2D eigenvalue weighted by molar-refractivity contribution is -0.271. The molecule has 0 saturated carbocycles. The Morgan fingerprint density at radius 2 is 1.67 bits per heavy atom. The summed E-state index contributed by atoms with van der Waals surface area (Å²) in [5.41, 5.74) is 0. The molecule has 0 bridgehead atoms. The van der Waals surface area contributed by atoms with E-state index in [1.165, 1.54) is 0 Å². The van der Waals surface area contributed by atoms with Crippen molar-refractivity contribution in [3.05, 3.63) is 0 Å². The summed E-state index contributed by atoms with van der Waals surface area (Å²) in [6, 6.07) is 0. The molecule has 0 saturated heterocycles. The maximum atomic E-state index is 12.2. The van der Waals surface area contributed by atoms with Gasteiger partial charge in [0.2, 0.25) is 0 Å². The van der Waals surface area contributed by atoms with E-state index in [0.717, 1.165) is 0 Å². The van der Waals surface area contributed by atoms with Crippen molar-refractivity contribution in [2.75, 3.05) is 12.4 Å². The van der Waals surface area contributed by atoms with Crippen LogP contribution in [0.5, 0.6) is 0 Å². The quantitative estimate of drug-likeness (QED) is 0.428. The van der Waals surface area contributed by atoms with Gasteiger partial charge in [-0.1, -0.05) is 5.92 Å². The van der Waals surface area contributed by atoms with Crippen molar-refractivity contribution in [2.24, 2.45) is 0 Å². The van der Waals surface area contributed by atoms with E-state index in [-0.39, 0.29) is 0 Å². The Labute approximate surface area is 82.3 Å². The molecule has 3 nitrogen and oxygen atoms in total. The maximum Gasteiger partial charge on any atom is 0.454 e. The highest BCUT2D eigenvalue weighted by Crippen LogP contribution is 2.36. The van der Waals surface area contributed by atoms with Gasteiger partial charge >= 0.3 is 12.1 Å². The van der Waals surface area contributed by atoms with Crippen LogP contribution in [-0.2, 0) is 14.3 Å². The number of hydrogen-bond acceptors (Lipinski definition) is 3. The molecule has 0 fully saturated rings. The fourth-order valence-corrected chi connectivity index (χ4v) is 1.41. The highest BCUT2D eigenvalue weighted by molar-refractivity contribution is 7.86. The van der Waals surface area contributed by atoms with Gasteiger partial charge in [-0.3, -0.25) is 4.18 Å². The zero-order chi connectivity index (χ0) is 12.3. The molecular weight excluding hydrogens is 247 g/mol. The molecule has 0 spiro atoms. The van der Waals surface area contributed by atoms with E-state index in [0.29, 0.717) is 0 Å². The van der Waals surface area contributed by atoms with Gasteiger partial charge < -0.3 is 0 Å². The molecule has 0 radical (unpaired) electrons. The van der Waals surface area contributed by atoms with Crippen LogP contribution in [0.15, 0.2) is 0 Å². The van der Waals surface area contributed by atoms with E-state index in [1.807, 2.05) is 0 Å². The highest BCUT2D eigenvalue weighted by Gasteiger charge is 2.59. The molecule has 0 rings (SSSR count). The maximum absolute atomic E-state index is 12.2. The van der Waals surface area contributed by atoms with Crippen LogP contribution in [0.4, 0.5) is 22.0 Å². The molecule has 0 N–H and O–H groups in total. The van der Waals surface area contributed by atoms with Crippen LogP contribution < -0.4 is 0 Å². The Morgan fingerprint density at radius 1 is 1.20 bits per heavy atom. The average Bonchev–Trinajstić information content (AvgIpc) is 1.96. The van der Waals surface area contributed by atoms with Crippen molar-refractivity contribution in [3.8, 4) is 12.3 Å². The first-order valence-corrected chi connectivity index (χ1v) is 4.85. The lowest BCUT2D eigenvalue weighted by Crippen LogP contribution is -2.43. The molecule has 0 aliphatic heterocycles. The number of hydrogen-bond donors (Lipinski definition) is 0. The summed E-state index contributed by atoms with van der Waals surface area (Å²) in [6.07, 6.45) is -1.41. The Kier molecular flexibility index (Phi) is 4.07. The summed E-state index contributed by atoms with van der Waals surface area (Å²) in [6.45, 7) is -0.893. The molecular formula is C6H5F5O3S. The molecule has 88 valence electrons. The third kappa shape index (κ3) is 4.44. The van der Waals surface area contributed by atoms with Gasteiger partial charge in [0.1, 0.15) is 12.4 Å². The lowest BCUT2D eigenvalue weighted by atomic mass is 10.4. The number of rotatable bonds is 4. The fraction of sp³-hybridized carbons (Fsp3) is 0.667. The van der Waals surface area contributed by atoms with Crippen molar-refractivity contribution in [3.63, 3.8) is 0 Å². The van der Waals surface area contributed by atoms with Gasteiger partial charge in [-0.25, -0.2) is 0 Å². The number of terminal acetylenes is 1. The van der Waals surface area contributed by atoms with E-state index in [1.54, 1.807) is 5.92 Å². The smallest absolute Gasteiger partial charge is 0.257 e. The first kappa shape index (κ1) is 14.1. The second-order valence-corrected chi connectivity index (χ2v) is 4.01. The Bertz CT molecular complexity index is 350. The first-order valence-electron chi connectivity index (χ1n) is 3.27. The van der Waals surface area contributed by atoms with Crippen LogP contribution >= 0.6 is 0 Å². The van der Waals surface area contributed by atoms with Crippen molar-refractivity contribution >= 4 is 10.1 Å². The molecule has 0 heterocycles. The molecule has 0 aromatic carbocycles. The predicted molar refractivity (Wildman–Crippen MR) is 39.6 cm³/mol. The van der Waals surface area contributed by atoms with Crippen molar-refractivity contribution in [1.29, 1.82) is 0 Å². The van der Waals surface area contributed by atoms with Gasteiger partial charge in [0.05, 0.1) is 0 Å². The normalized spacial score (nSPS) is 13.6. The molecule has 0 aliphatic rings. The van der Waals surface area contributed by atoms with Gasteiger partial charge in [0.25, 0.3) is 10.1 Å². The summed E-state index contributed by atoms with van der Waals surface area (Å²) in [7, 11) is -5.00. The second-order valence-electron chi connectivity index (χ2n) is 2.37. The minimum absolute atomic E-state index is 0.893. The summed E-state index contributed by atoms with van der Waals surface area (Å²) in [5, 5.41) is 0. The highest BCUT2D eigenvalue weighted by atomic mass is 32.2. The van der Waals surface area contributed by atoms with E-state index in [4.69, 9.17) is 0 Å². The SMILES string of the molecule is C#CCOS(=O)(=O)CC(F)(F)C(F)(F)F. The zero-order valence-electron chi connectivity index (χ0n) is 7.01. The molecule has 15 heavy (non-hydrogen) atoms. The average molecular weight is 252 g/mol. The molecule has 0 aromatic rings. The Morgan fingerprint density at radius 3 is 2.00 bits per heavy atom. The predicted octanol–water partition coefficient (Wildman–Crippen LogP) is 1.16. The molecule has 0 unspecified atom stereocenters. The van der Waals surface area contributed by atoms with Gasteiger partial charge in [-0.2, -0.15) is 30.4 Å². The Hall–Kier alpha value is -0.880. The summed E-state index contributed by atoms with van der Waals surface area (Å²) >= 11 is 0. The molecule has 0 amide bonds. The van der Waals surface area contributed by atoms with Gasteiger partial charge in [-0.15, -0.1) is 6.42 Å². The Balaban J connectivity index is 4.68. The minimum Gasteiger partial charge on any atom is -0.257 e. The monoisotopic (exact) mass is 252 g/mol. The standard InChI is InChI=1S/C6H5F5O3S/c1-2-3-14-15(12,13)4-5(7,8)6(9,10)11/h1H,3-4H2. The molecule has 0 atom stereocenters. The largest absolute Gasteiger partial charge is 0.454 e. The van der Waals surface area contributed by atoms with Crippen LogP contribution in [0.1, 0.15) is 0 Å². The summed E-state index contributed by atoms with van der Waals surface area (Å²) < 4.78 is 83.9. The molecule has 0 aromatic heterocycles. The third-order valence-corrected chi connectivity index (χ3v) is 2.29. The van der Waals surface area contributed by atoms with E-state index < -0.39 is 34.6 Å². The second kappa shape index (κ2) is 4.32. The van der Waals surface area contributed by atoms with Gasteiger partial charge in [0, 0.05) is 0 Å². The van der Waals surface area contributed by atoms with Crippen molar-refractivity contribution in [2.45, 2.75) is 12.1 Å². The molecule has 0 aliphatic carbocycles. The van der Waals surface area contributed by atoms with Crippen molar-refractivity contribution in [1.82, 2.24) is 0 Å². The molecule has 9 heteroatoms. The number of alkyl halides is 5. The van der Waals surface area contributed by atoms with Crippen LogP contribution in [0.2, 0.25) is 0 Å². The van der Waals surface area contributed by atoms with Crippen molar-refractivity contribution < 1.29 is 34.6 Å². The van der Waals surface area contributed by atoms with Crippen LogP contribution in [0.25, 0.3) is 0 Å². The van der Waals surface area contributed by atoms with Crippen LogP contribution in [0.3, 0.4) is 0 Å². The summed E-state index contributed by atoms with van der Waals surface area (Å²) in [4.78, 5) is 0. The van der Waals surface area contributed by atoms with Gasteiger partial charge in [0.15, 0.2) is 0 Å².